The first-order chi connectivity index (χ1) is 9.18. The van der Waals surface area contributed by atoms with Crippen LogP contribution in [-0.4, -0.2) is 4.92 Å². The third kappa shape index (κ3) is 1.91. The van der Waals surface area contributed by atoms with Crippen LogP contribution in [0.25, 0.3) is 11.0 Å². The van der Waals surface area contributed by atoms with E-state index in [1.54, 1.807) is 18.2 Å². The number of benzene rings is 1. The molecular weight excluding hydrogens is 264 g/mol. The highest BCUT2D eigenvalue weighted by molar-refractivity contribution is 7.10. The lowest BCUT2D eigenvalue weighted by molar-refractivity contribution is -0.402. The number of furan rings is 1. The standard InChI is InChI=1S/C13H10N2O3S/c14-12(10-6-3-7-19-10)11-8-4-1-2-5-9(8)18-13(11)15(16)17/h1-7,12H,14H2. The number of hydrogen-bond acceptors (Lipinski definition) is 5. The van der Waals surface area contributed by atoms with Crippen molar-refractivity contribution in [2.75, 3.05) is 0 Å². The van der Waals surface area contributed by atoms with Crippen LogP contribution >= 0.6 is 11.3 Å². The van der Waals surface area contributed by atoms with Gasteiger partial charge in [0.15, 0.2) is 0 Å². The molecule has 1 atom stereocenters. The molecular formula is C13H10N2O3S. The van der Waals surface area contributed by atoms with Crippen LogP contribution in [0.1, 0.15) is 16.5 Å². The quantitative estimate of drug-likeness (QED) is 0.585. The summed E-state index contributed by atoms with van der Waals surface area (Å²) in [5.74, 6) is -0.276. The van der Waals surface area contributed by atoms with E-state index < -0.39 is 11.0 Å². The van der Waals surface area contributed by atoms with E-state index in [0.717, 1.165) is 4.88 Å². The lowest BCUT2D eigenvalue weighted by Gasteiger charge is -2.06. The molecule has 0 aliphatic rings. The molecule has 2 aromatic heterocycles. The van der Waals surface area contributed by atoms with Crippen LogP contribution in [0.4, 0.5) is 5.88 Å². The number of nitrogens with two attached hydrogens (primary N) is 1. The van der Waals surface area contributed by atoms with Crippen molar-refractivity contribution in [2.24, 2.45) is 5.73 Å². The van der Waals surface area contributed by atoms with Gasteiger partial charge in [-0.25, -0.2) is 0 Å². The maximum Gasteiger partial charge on any atom is 0.439 e. The van der Waals surface area contributed by atoms with Crippen molar-refractivity contribution in [1.29, 1.82) is 0 Å². The van der Waals surface area contributed by atoms with Gasteiger partial charge in [-0.15, -0.1) is 11.3 Å². The third-order valence-corrected chi connectivity index (χ3v) is 3.90. The first-order valence-corrected chi connectivity index (χ1v) is 6.51. The number of nitrogens with zero attached hydrogens (tertiary/aromatic N) is 1. The van der Waals surface area contributed by atoms with Crippen molar-refractivity contribution in [3.8, 4) is 0 Å². The predicted molar refractivity (Wildman–Crippen MR) is 73.2 cm³/mol. The second-order valence-electron chi connectivity index (χ2n) is 4.07. The Kier molecular flexibility index (Phi) is 2.81. The molecule has 0 saturated carbocycles. The van der Waals surface area contributed by atoms with Gasteiger partial charge in [0.25, 0.3) is 0 Å². The number of fused-ring (bicyclic) bond motifs is 1. The summed E-state index contributed by atoms with van der Waals surface area (Å²) in [4.78, 5) is 11.5. The first-order valence-electron chi connectivity index (χ1n) is 5.63. The van der Waals surface area contributed by atoms with Crippen molar-refractivity contribution in [2.45, 2.75) is 6.04 Å². The summed E-state index contributed by atoms with van der Waals surface area (Å²) in [7, 11) is 0. The van der Waals surface area contributed by atoms with E-state index in [1.807, 2.05) is 23.6 Å². The van der Waals surface area contributed by atoms with E-state index in [2.05, 4.69) is 0 Å². The Balaban J connectivity index is 2.26. The van der Waals surface area contributed by atoms with Crippen molar-refractivity contribution >= 4 is 28.2 Å². The summed E-state index contributed by atoms with van der Waals surface area (Å²) in [5.41, 5.74) is 7.07. The van der Waals surface area contributed by atoms with Crippen LogP contribution in [0, 0.1) is 10.1 Å². The van der Waals surface area contributed by atoms with Crippen molar-refractivity contribution in [3.63, 3.8) is 0 Å². The molecule has 0 aliphatic carbocycles. The Labute approximate surface area is 112 Å². The van der Waals surface area contributed by atoms with Crippen LogP contribution in [0.2, 0.25) is 0 Å². The van der Waals surface area contributed by atoms with E-state index in [0.29, 0.717) is 16.5 Å². The third-order valence-electron chi connectivity index (χ3n) is 2.94. The van der Waals surface area contributed by atoms with Crippen molar-refractivity contribution < 1.29 is 9.34 Å². The zero-order valence-electron chi connectivity index (χ0n) is 9.78. The fraction of sp³-hybridized carbons (Fsp3) is 0.0769. The molecule has 5 nitrogen and oxygen atoms in total. The minimum atomic E-state index is -0.552. The molecule has 0 saturated heterocycles. The van der Waals surface area contributed by atoms with E-state index in [-0.39, 0.29) is 5.88 Å². The van der Waals surface area contributed by atoms with Crippen molar-refractivity contribution in [3.05, 3.63) is 62.3 Å². The fourth-order valence-electron chi connectivity index (χ4n) is 2.10. The Bertz CT molecular complexity index is 734. The lowest BCUT2D eigenvalue weighted by atomic mass is 10.0. The molecule has 3 rings (SSSR count). The largest absolute Gasteiger partial charge is 0.439 e. The van der Waals surface area contributed by atoms with Gasteiger partial charge in [-0.3, -0.25) is 10.1 Å². The minimum Gasteiger partial charge on any atom is -0.400 e. The summed E-state index contributed by atoms with van der Waals surface area (Å²) in [5, 5.41) is 13.7. The van der Waals surface area contributed by atoms with Gasteiger partial charge in [-0.05, 0) is 17.5 Å². The van der Waals surface area contributed by atoms with Crippen LogP contribution < -0.4 is 5.73 Å². The number of hydrogen-bond donors (Lipinski definition) is 1. The van der Waals surface area contributed by atoms with Crippen molar-refractivity contribution in [1.82, 2.24) is 0 Å². The second-order valence-corrected chi connectivity index (χ2v) is 5.05. The lowest BCUT2D eigenvalue weighted by Crippen LogP contribution is -2.11. The molecule has 2 N–H and O–H groups in total. The summed E-state index contributed by atoms with van der Waals surface area (Å²) in [6, 6.07) is 10.3. The smallest absolute Gasteiger partial charge is 0.400 e. The average Bonchev–Trinajstić information content (AvgIpc) is 3.05. The summed E-state index contributed by atoms with van der Waals surface area (Å²) < 4.78 is 5.31. The molecule has 6 heteroatoms. The van der Waals surface area contributed by atoms with E-state index in [4.69, 9.17) is 10.2 Å². The van der Waals surface area contributed by atoms with Gasteiger partial charge in [0.05, 0.1) is 6.04 Å². The molecule has 0 radical (unpaired) electrons. The SMILES string of the molecule is NC(c1cccs1)c1c([N+](=O)[O-])oc2ccccc12. The Morgan fingerprint density at radius 1 is 1.26 bits per heavy atom. The predicted octanol–water partition coefficient (Wildman–Crippen LogP) is 3.45. The topological polar surface area (TPSA) is 82.3 Å². The molecule has 0 spiro atoms. The molecule has 3 aromatic rings. The number of rotatable bonds is 3. The Hall–Kier alpha value is -2.18. The average molecular weight is 274 g/mol. The molecule has 0 bridgehead atoms. The molecule has 0 fully saturated rings. The maximum atomic E-state index is 11.1. The fourth-order valence-corrected chi connectivity index (χ4v) is 2.84. The number of nitro groups is 1. The molecule has 1 aromatic carbocycles. The minimum absolute atomic E-state index is 0.276. The van der Waals surface area contributed by atoms with E-state index in [1.165, 1.54) is 11.3 Å². The van der Waals surface area contributed by atoms with Crippen LogP contribution in [0.3, 0.4) is 0 Å². The Morgan fingerprint density at radius 2 is 2.05 bits per heavy atom. The number of thiophene rings is 1. The van der Waals surface area contributed by atoms with Gasteiger partial charge in [0.2, 0.25) is 0 Å². The zero-order chi connectivity index (χ0) is 13.4. The van der Waals surface area contributed by atoms with Gasteiger partial charge < -0.3 is 10.2 Å². The summed E-state index contributed by atoms with van der Waals surface area (Å²) in [6.07, 6.45) is 0. The highest BCUT2D eigenvalue weighted by Crippen LogP contribution is 2.38. The van der Waals surface area contributed by atoms with Gasteiger partial charge in [0, 0.05) is 10.3 Å². The molecule has 0 aliphatic heterocycles. The maximum absolute atomic E-state index is 11.1. The highest BCUT2D eigenvalue weighted by atomic mass is 32.1. The van der Waals surface area contributed by atoms with Gasteiger partial charge in [0.1, 0.15) is 16.1 Å². The second kappa shape index (κ2) is 4.49. The van der Waals surface area contributed by atoms with Gasteiger partial charge in [-0.2, -0.15) is 0 Å². The summed E-state index contributed by atoms with van der Waals surface area (Å²) >= 11 is 1.47. The Morgan fingerprint density at radius 3 is 2.74 bits per heavy atom. The molecule has 1 unspecified atom stereocenters. The highest BCUT2D eigenvalue weighted by Gasteiger charge is 2.29. The van der Waals surface area contributed by atoms with E-state index >= 15 is 0 Å². The monoisotopic (exact) mass is 274 g/mol. The summed E-state index contributed by atoms with van der Waals surface area (Å²) in [6.45, 7) is 0. The number of para-hydroxylation sites is 1. The van der Waals surface area contributed by atoms with Crippen LogP contribution in [0.15, 0.2) is 46.2 Å². The van der Waals surface area contributed by atoms with Crippen LogP contribution in [-0.2, 0) is 0 Å². The normalized spacial score (nSPS) is 12.7. The molecule has 0 amide bonds. The molecule has 19 heavy (non-hydrogen) atoms. The van der Waals surface area contributed by atoms with Crippen LogP contribution in [0.5, 0.6) is 0 Å². The van der Waals surface area contributed by atoms with E-state index in [9.17, 15) is 10.1 Å². The van der Waals surface area contributed by atoms with Gasteiger partial charge in [-0.1, -0.05) is 24.3 Å². The molecule has 2 heterocycles. The first kappa shape index (κ1) is 11.9. The van der Waals surface area contributed by atoms with Gasteiger partial charge >= 0.3 is 5.88 Å². The molecule has 96 valence electrons. The zero-order valence-corrected chi connectivity index (χ0v) is 10.6.